The fraction of sp³-hybridized carbons (Fsp3) is 0.929. The summed E-state index contributed by atoms with van der Waals surface area (Å²) in [5.74, 6) is -1.16. The number of carbonyl (C=O) groups is 1. The van der Waals surface area contributed by atoms with E-state index in [1.165, 1.54) is 0 Å². The Morgan fingerprint density at radius 1 is 1.30 bits per heavy atom. The van der Waals surface area contributed by atoms with Crippen LogP contribution in [-0.2, 0) is 14.6 Å². The Bertz CT molecular complexity index is 491. The van der Waals surface area contributed by atoms with E-state index in [-0.39, 0.29) is 24.3 Å². The van der Waals surface area contributed by atoms with Crippen LogP contribution in [0.15, 0.2) is 0 Å². The molecule has 0 aromatic rings. The highest BCUT2D eigenvalue weighted by Gasteiger charge is 2.32. The van der Waals surface area contributed by atoms with Crippen molar-refractivity contribution >= 4 is 15.9 Å². The molecule has 136 valence electrons. The zero-order valence-electron chi connectivity index (χ0n) is 13.4. The highest BCUT2D eigenvalue weighted by molar-refractivity contribution is 7.91. The van der Waals surface area contributed by atoms with Crippen LogP contribution in [0.25, 0.3) is 0 Å². The van der Waals surface area contributed by atoms with Gasteiger partial charge in [0.1, 0.15) is 0 Å². The van der Waals surface area contributed by atoms with E-state index in [9.17, 15) is 26.4 Å². The van der Waals surface area contributed by atoms with E-state index < -0.39 is 34.3 Å². The van der Waals surface area contributed by atoms with Crippen LogP contribution in [0.3, 0.4) is 0 Å². The lowest BCUT2D eigenvalue weighted by Gasteiger charge is -2.25. The molecule has 0 spiro atoms. The molecular weight excluding hydrogens is 335 g/mol. The van der Waals surface area contributed by atoms with E-state index >= 15 is 0 Å². The zero-order chi connectivity index (χ0) is 17.7. The molecule has 0 N–H and O–H groups in total. The number of ether oxygens (including phenoxy) is 1. The van der Waals surface area contributed by atoms with E-state index in [1.807, 2.05) is 0 Å². The third-order valence-electron chi connectivity index (χ3n) is 3.64. The number of sulfone groups is 1. The number of nitrogens with zero attached hydrogens (tertiary/aromatic N) is 1. The Morgan fingerprint density at radius 2 is 1.96 bits per heavy atom. The van der Waals surface area contributed by atoms with Crippen molar-refractivity contribution in [3.63, 3.8) is 0 Å². The van der Waals surface area contributed by atoms with E-state index in [4.69, 9.17) is 4.74 Å². The Labute approximate surface area is 135 Å². The number of halogens is 3. The molecule has 23 heavy (non-hydrogen) atoms. The van der Waals surface area contributed by atoms with Crippen LogP contribution in [0.2, 0.25) is 0 Å². The van der Waals surface area contributed by atoms with Gasteiger partial charge in [0, 0.05) is 12.6 Å². The molecule has 1 atom stereocenters. The Kier molecular flexibility index (Phi) is 7.16. The summed E-state index contributed by atoms with van der Waals surface area (Å²) in [6.07, 6.45) is -4.14. The first kappa shape index (κ1) is 20.1. The maximum Gasteiger partial charge on any atom is 0.410 e. The lowest BCUT2D eigenvalue weighted by Crippen LogP contribution is -2.37. The van der Waals surface area contributed by atoms with Gasteiger partial charge in [-0.25, -0.2) is 13.2 Å². The van der Waals surface area contributed by atoms with Crippen LogP contribution in [0.5, 0.6) is 0 Å². The molecule has 0 aliphatic carbocycles. The van der Waals surface area contributed by atoms with Gasteiger partial charge in [-0.2, -0.15) is 13.2 Å². The summed E-state index contributed by atoms with van der Waals surface area (Å²) in [5, 5.41) is 0. The molecule has 1 amide bonds. The average molecular weight is 359 g/mol. The first-order valence-electron chi connectivity index (χ1n) is 7.74. The summed E-state index contributed by atoms with van der Waals surface area (Å²) < 4.78 is 64.6. The number of alkyl halides is 3. The van der Waals surface area contributed by atoms with Gasteiger partial charge in [-0.05, 0) is 39.5 Å². The van der Waals surface area contributed by atoms with Crippen molar-refractivity contribution in [3.05, 3.63) is 0 Å². The van der Waals surface area contributed by atoms with Gasteiger partial charge in [0.2, 0.25) is 0 Å². The molecule has 1 heterocycles. The monoisotopic (exact) mass is 359 g/mol. The molecule has 0 radical (unpaired) electrons. The minimum atomic E-state index is -4.46. The highest BCUT2D eigenvalue weighted by atomic mass is 32.2. The molecular formula is C14H24F3NO4S. The minimum Gasteiger partial charge on any atom is -0.447 e. The fourth-order valence-electron chi connectivity index (χ4n) is 2.56. The van der Waals surface area contributed by atoms with Crippen LogP contribution < -0.4 is 0 Å². The van der Waals surface area contributed by atoms with Gasteiger partial charge in [-0.1, -0.05) is 0 Å². The van der Waals surface area contributed by atoms with Crippen molar-refractivity contribution < 1.29 is 31.1 Å². The van der Waals surface area contributed by atoms with Crippen LogP contribution in [0.4, 0.5) is 18.0 Å². The molecule has 0 bridgehead atoms. The van der Waals surface area contributed by atoms with E-state index in [0.29, 0.717) is 13.0 Å². The predicted molar refractivity (Wildman–Crippen MR) is 79.9 cm³/mol. The van der Waals surface area contributed by atoms with Gasteiger partial charge in [-0.15, -0.1) is 0 Å². The van der Waals surface area contributed by atoms with Crippen LogP contribution in [0, 0.1) is 0 Å². The van der Waals surface area contributed by atoms with Crippen molar-refractivity contribution in [1.82, 2.24) is 4.90 Å². The van der Waals surface area contributed by atoms with Crippen molar-refractivity contribution in [2.75, 3.05) is 18.1 Å². The largest absolute Gasteiger partial charge is 0.447 e. The van der Waals surface area contributed by atoms with Crippen molar-refractivity contribution in [2.24, 2.45) is 0 Å². The molecule has 1 saturated heterocycles. The summed E-state index contributed by atoms with van der Waals surface area (Å²) in [6.45, 7) is 4.06. The van der Waals surface area contributed by atoms with Crippen molar-refractivity contribution in [1.29, 1.82) is 0 Å². The first-order chi connectivity index (χ1) is 10.5. The molecule has 9 heteroatoms. The lowest BCUT2D eigenvalue weighted by molar-refractivity contribution is -0.129. The van der Waals surface area contributed by atoms with E-state index in [1.54, 1.807) is 18.7 Å². The van der Waals surface area contributed by atoms with E-state index in [0.717, 1.165) is 12.8 Å². The smallest absolute Gasteiger partial charge is 0.410 e. The van der Waals surface area contributed by atoms with Gasteiger partial charge < -0.3 is 9.64 Å². The Morgan fingerprint density at radius 3 is 2.52 bits per heavy atom. The summed E-state index contributed by atoms with van der Waals surface area (Å²) in [4.78, 5) is 13.5. The second-order valence-electron chi connectivity index (χ2n) is 6.08. The molecule has 0 saturated carbocycles. The SMILES string of the molecule is CC(C)OC(=O)N1CCC[C@@H]1CCCS(=O)(=O)CCC(F)(F)F. The van der Waals surface area contributed by atoms with Gasteiger partial charge in [0.05, 0.1) is 24.0 Å². The average Bonchev–Trinajstić information content (AvgIpc) is 2.83. The predicted octanol–water partition coefficient (Wildman–Crippen LogP) is 3.14. The maximum absolute atomic E-state index is 12.1. The molecule has 0 aromatic carbocycles. The first-order valence-corrected chi connectivity index (χ1v) is 9.57. The third-order valence-corrected chi connectivity index (χ3v) is 5.37. The van der Waals surface area contributed by atoms with Crippen LogP contribution in [0.1, 0.15) is 46.0 Å². The fourth-order valence-corrected chi connectivity index (χ4v) is 3.91. The normalized spacial score (nSPS) is 19.4. The lowest BCUT2D eigenvalue weighted by atomic mass is 10.1. The number of rotatable bonds is 7. The van der Waals surface area contributed by atoms with E-state index in [2.05, 4.69) is 0 Å². The number of hydrogen-bond donors (Lipinski definition) is 0. The van der Waals surface area contributed by atoms with Crippen molar-refractivity contribution in [3.8, 4) is 0 Å². The molecule has 0 unspecified atom stereocenters. The molecule has 1 aliphatic heterocycles. The quantitative estimate of drug-likeness (QED) is 0.700. The van der Waals surface area contributed by atoms with Crippen LogP contribution in [-0.4, -0.2) is 55.8 Å². The Hall–Kier alpha value is -0.990. The second-order valence-corrected chi connectivity index (χ2v) is 8.38. The number of likely N-dealkylation sites (tertiary alicyclic amines) is 1. The molecule has 0 aromatic heterocycles. The zero-order valence-corrected chi connectivity index (χ0v) is 14.3. The Balaban J connectivity index is 2.40. The standard InChI is InChI=1S/C14H24F3NO4S/c1-11(2)22-13(19)18-8-3-5-12(18)6-4-9-23(20,21)10-7-14(15,16)17/h11-12H,3-10H2,1-2H3/t12-/m1/s1. The summed E-state index contributed by atoms with van der Waals surface area (Å²) >= 11 is 0. The molecule has 1 aliphatic rings. The van der Waals surface area contributed by atoms with Crippen LogP contribution >= 0.6 is 0 Å². The summed E-state index contributed by atoms with van der Waals surface area (Å²) in [5.41, 5.74) is 0. The van der Waals surface area contributed by atoms with Gasteiger partial charge in [0.15, 0.2) is 9.84 Å². The van der Waals surface area contributed by atoms with Gasteiger partial charge >= 0.3 is 12.3 Å². The van der Waals surface area contributed by atoms with Crippen molar-refractivity contribution in [2.45, 2.75) is 64.3 Å². The van der Waals surface area contributed by atoms with Gasteiger partial charge in [0.25, 0.3) is 0 Å². The number of carbonyl (C=O) groups excluding carboxylic acids is 1. The number of amides is 1. The second kappa shape index (κ2) is 8.21. The third kappa shape index (κ3) is 7.90. The topological polar surface area (TPSA) is 63.7 Å². The maximum atomic E-state index is 12.1. The summed E-state index contributed by atoms with van der Waals surface area (Å²) in [7, 11) is -3.72. The molecule has 1 fully saturated rings. The summed E-state index contributed by atoms with van der Waals surface area (Å²) in [6, 6.07) is -0.0981. The minimum absolute atomic E-state index is 0.0981. The molecule has 5 nitrogen and oxygen atoms in total. The van der Waals surface area contributed by atoms with Gasteiger partial charge in [-0.3, -0.25) is 0 Å². The highest BCUT2D eigenvalue weighted by Crippen LogP contribution is 2.24. The molecule has 1 rings (SSSR count). The number of hydrogen-bond acceptors (Lipinski definition) is 4.